The third-order valence-electron chi connectivity index (χ3n) is 5.06. The third-order valence-corrected chi connectivity index (χ3v) is 5.06. The maximum Gasteiger partial charge on any atom is 0.272 e. The van der Waals surface area contributed by atoms with E-state index in [-0.39, 0.29) is 24.0 Å². The quantitative estimate of drug-likeness (QED) is 0.905. The van der Waals surface area contributed by atoms with Crippen molar-refractivity contribution >= 4 is 5.91 Å². The second-order valence-corrected chi connectivity index (χ2v) is 6.52. The number of carbonyl (C=O) groups is 1. The molecular formula is C16H25N3O2. The normalized spacial score (nSPS) is 29.9. The van der Waals surface area contributed by atoms with Gasteiger partial charge in [-0.1, -0.05) is 6.42 Å². The molecule has 0 radical (unpaired) electrons. The Hall–Kier alpha value is -1.36. The fourth-order valence-electron chi connectivity index (χ4n) is 4.03. The largest absolute Gasteiger partial charge is 0.393 e. The molecule has 1 saturated heterocycles. The Balaban J connectivity index is 1.83. The molecule has 5 nitrogen and oxygen atoms in total. The summed E-state index contributed by atoms with van der Waals surface area (Å²) in [6.45, 7) is 2.71. The van der Waals surface area contributed by atoms with E-state index in [1.807, 2.05) is 24.9 Å². The number of hydrogen-bond acceptors (Lipinski definition) is 3. The molecule has 1 amide bonds. The molecule has 21 heavy (non-hydrogen) atoms. The summed E-state index contributed by atoms with van der Waals surface area (Å²) in [5.41, 5.74) is 1.53. The van der Waals surface area contributed by atoms with E-state index in [0.29, 0.717) is 5.69 Å². The van der Waals surface area contributed by atoms with E-state index in [4.69, 9.17) is 0 Å². The van der Waals surface area contributed by atoms with Crippen LogP contribution >= 0.6 is 0 Å². The van der Waals surface area contributed by atoms with Crippen LogP contribution in [0.2, 0.25) is 0 Å². The van der Waals surface area contributed by atoms with Crippen LogP contribution in [0.25, 0.3) is 0 Å². The number of aliphatic hydroxyl groups excluding tert-OH is 1. The number of rotatable bonds is 2. The van der Waals surface area contributed by atoms with Gasteiger partial charge in [0.2, 0.25) is 0 Å². The molecule has 3 unspecified atom stereocenters. The molecule has 3 atom stereocenters. The van der Waals surface area contributed by atoms with Gasteiger partial charge in [-0.25, -0.2) is 0 Å². The lowest BCUT2D eigenvalue weighted by molar-refractivity contribution is 0.0280. The zero-order chi connectivity index (χ0) is 15.0. The molecule has 2 aliphatic rings. The minimum Gasteiger partial charge on any atom is -0.393 e. The average Bonchev–Trinajstić information content (AvgIpc) is 3.03. The summed E-state index contributed by atoms with van der Waals surface area (Å²) in [4.78, 5) is 14.9. The standard InChI is InChI=1S/C16H25N3O2/c1-11-10-14(18(2)17-11)16(21)19-9-4-3-7-13(19)12-6-5-8-15(12)20/h10,12-13,15,20H,3-9H2,1-2H3. The zero-order valence-electron chi connectivity index (χ0n) is 13.0. The highest BCUT2D eigenvalue weighted by molar-refractivity contribution is 5.93. The van der Waals surface area contributed by atoms with E-state index in [1.165, 1.54) is 0 Å². The summed E-state index contributed by atoms with van der Waals surface area (Å²) in [5, 5.41) is 14.5. The summed E-state index contributed by atoms with van der Waals surface area (Å²) in [7, 11) is 1.82. The lowest BCUT2D eigenvalue weighted by atomic mass is 9.87. The fourth-order valence-corrected chi connectivity index (χ4v) is 4.03. The van der Waals surface area contributed by atoms with E-state index in [2.05, 4.69) is 5.10 Å². The van der Waals surface area contributed by atoms with Gasteiger partial charge < -0.3 is 10.0 Å². The van der Waals surface area contributed by atoms with Crippen molar-refractivity contribution in [1.29, 1.82) is 0 Å². The van der Waals surface area contributed by atoms with Crippen molar-refractivity contribution in [3.8, 4) is 0 Å². The predicted octanol–water partition coefficient (Wildman–Crippen LogP) is 1.88. The molecule has 1 aromatic rings. The number of likely N-dealkylation sites (tertiary alicyclic amines) is 1. The highest BCUT2D eigenvalue weighted by Crippen LogP contribution is 2.35. The summed E-state index contributed by atoms with van der Waals surface area (Å²) in [6.07, 6.45) is 5.99. The summed E-state index contributed by atoms with van der Waals surface area (Å²) >= 11 is 0. The first-order chi connectivity index (χ1) is 10.1. The van der Waals surface area contributed by atoms with Crippen molar-refractivity contribution < 1.29 is 9.90 Å². The van der Waals surface area contributed by atoms with Gasteiger partial charge in [-0.2, -0.15) is 5.10 Å². The minimum atomic E-state index is -0.239. The topological polar surface area (TPSA) is 58.4 Å². The zero-order valence-corrected chi connectivity index (χ0v) is 13.0. The van der Waals surface area contributed by atoms with Gasteiger partial charge >= 0.3 is 0 Å². The van der Waals surface area contributed by atoms with Gasteiger partial charge in [0.25, 0.3) is 5.91 Å². The average molecular weight is 291 g/mol. The van der Waals surface area contributed by atoms with Gasteiger partial charge in [-0.05, 0) is 45.1 Å². The Morgan fingerprint density at radius 2 is 2.10 bits per heavy atom. The molecule has 2 heterocycles. The van der Waals surface area contributed by atoms with Crippen LogP contribution in [0.4, 0.5) is 0 Å². The van der Waals surface area contributed by atoms with Gasteiger partial charge in [0.1, 0.15) is 5.69 Å². The van der Waals surface area contributed by atoms with Gasteiger partial charge in [0.15, 0.2) is 0 Å². The highest BCUT2D eigenvalue weighted by atomic mass is 16.3. The highest BCUT2D eigenvalue weighted by Gasteiger charge is 2.39. The first-order valence-corrected chi connectivity index (χ1v) is 8.07. The maximum absolute atomic E-state index is 12.9. The van der Waals surface area contributed by atoms with Crippen molar-refractivity contribution in [2.24, 2.45) is 13.0 Å². The second-order valence-electron chi connectivity index (χ2n) is 6.52. The Kier molecular flexibility index (Phi) is 4.02. The first kappa shape index (κ1) is 14.6. The summed E-state index contributed by atoms with van der Waals surface area (Å²) in [5.74, 6) is 0.325. The third kappa shape index (κ3) is 2.71. The van der Waals surface area contributed by atoms with E-state index < -0.39 is 0 Å². The van der Waals surface area contributed by atoms with Crippen molar-refractivity contribution in [3.63, 3.8) is 0 Å². The number of piperidine rings is 1. The lowest BCUT2D eigenvalue weighted by Crippen LogP contribution is -2.49. The molecule has 0 aromatic carbocycles. The number of aryl methyl sites for hydroxylation is 2. The van der Waals surface area contributed by atoms with Crippen molar-refractivity contribution in [2.45, 2.75) is 57.6 Å². The molecule has 1 aromatic heterocycles. The van der Waals surface area contributed by atoms with Gasteiger partial charge in [-0.15, -0.1) is 0 Å². The van der Waals surface area contributed by atoms with Crippen LogP contribution in [0, 0.1) is 12.8 Å². The van der Waals surface area contributed by atoms with E-state index in [0.717, 1.165) is 50.8 Å². The van der Waals surface area contributed by atoms with E-state index in [9.17, 15) is 9.90 Å². The molecule has 5 heteroatoms. The van der Waals surface area contributed by atoms with Crippen molar-refractivity contribution in [3.05, 3.63) is 17.5 Å². The smallest absolute Gasteiger partial charge is 0.272 e. The number of aromatic nitrogens is 2. The van der Waals surface area contributed by atoms with Gasteiger partial charge in [-0.3, -0.25) is 9.48 Å². The molecule has 3 rings (SSSR count). The van der Waals surface area contributed by atoms with E-state index in [1.54, 1.807) is 4.68 Å². The van der Waals surface area contributed by atoms with Crippen molar-refractivity contribution in [1.82, 2.24) is 14.7 Å². The SMILES string of the molecule is Cc1cc(C(=O)N2CCCCC2C2CCCC2O)n(C)n1. The van der Waals surface area contributed by atoms with Crippen LogP contribution in [0.1, 0.15) is 54.7 Å². The van der Waals surface area contributed by atoms with Crippen LogP contribution in [0.15, 0.2) is 6.07 Å². The van der Waals surface area contributed by atoms with Gasteiger partial charge in [0, 0.05) is 25.6 Å². The van der Waals surface area contributed by atoms with Crippen LogP contribution < -0.4 is 0 Å². The van der Waals surface area contributed by atoms with Gasteiger partial charge in [0.05, 0.1) is 11.8 Å². The minimum absolute atomic E-state index is 0.0712. The van der Waals surface area contributed by atoms with E-state index >= 15 is 0 Å². The van der Waals surface area contributed by atoms with Crippen LogP contribution in [0.3, 0.4) is 0 Å². The first-order valence-electron chi connectivity index (χ1n) is 8.07. The molecule has 116 valence electrons. The predicted molar refractivity (Wildman–Crippen MR) is 80.0 cm³/mol. The lowest BCUT2D eigenvalue weighted by Gasteiger charge is -2.40. The van der Waals surface area contributed by atoms with Crippen molar-refractivity contribution in [2.75, 3.05) is 6.54 Å². The van der Waals surface area contributed by atoms with Crippen LogP contribution in [0.5, 0.6) is 0 Å². The number of aliphatic hydroxyl groups is 1. The number of hydrogen-bond donors (Lipinski definition) is 1. The molecule has 0 spiro atoms. The Morgan fingerprint density at radius 1 is 1.29 bits per heavy atom. The molecule has 1 N–H and O–H groups in total. The molecule has 1 aliphatic carbocycles. The summed E-state index contributed by atoms with van der Waals surface area (Å²) in [6, 6.07) is 2.05. The second kappa shape index (κ2) is 5.79. The summed E-state index contributed by atoms with van der Waals surface area (Å²) < 4.78 is 1.68. The fraction of sp³-hybridized carbons (Fsp3) is 0.750. The molecule has 0 bridgehead atoms. The molecule has 1 saturated carbocycles. The number of amides is 1. The van der Waals surface area contributed by atoms with Crippen LogP contribution in [-0.4, -0.2) is 44.4 Å². The maximum atomic E-state index is 12.9. The monoisotopic (exact) mass is 291 g/mol. The van der Waals surface area contributed by atoms with Crippen LogP contribution in [-0.2, 0) is 7.05 Å². The molecular weight excluding hydrogens is 266 g/mol. The Labute approximate surface area is 125 Å². The Morgan fingerprint density at radius 3 is 2.71 bits per heavy atom. The number of nitrogens with zero attached hydrogens (tertiary/aromatic N) is 3. The molecule has 2 fully saturated rings. The Bertz CT molecular complexity index is 526. The number of carbonyl (C=O) groups excluding carboxylic acids is 1. The molecule has 1 aliphatic heterocycles.